The van der Waals surface area contributed by atoms with E-state index in [0.717, 1.165) is 0 Å². The molecular weight excluding hydrogens is 436 g/mol. The predicted octanol–water partition coefficient (Wildman–Crippen LogP) is 8.10. The lowest BCUT2D eigenvalue weighted by Crippen LogP contribution is -2.56. The Kier molecular flexibility index (Phi) is 5.27. The highest BCUT2D eigenvalue weighted by Gasteiger charge is 2.36. The fraction of sp³-hybridized carbons (Fsp3) is 0.176. The van der Waals surface area contributed by atoms with Crippen molar-refractivity contribution in [3.63, 3.8) is 0 Å². The largest absolute Gasteiger partial charge is 0.113 e. The smallest absolute Gasteiger partial charge is 0.0766 e. The van der Waals surface area contributed by atoms with Gasteiger partial charge in [0.1, 0.15) is 8.07 Å². The molecule has 172 valence electrons. The highest BCUT2D eigenvalue weighted by Crippen LogP contribution is 2.39. The third-order valence-electron chi connectivity index (χ3n) is 8.10. The summed E-state index contributed by atoms with van der Waals surface area (Å²) in [6.45, 7) is 9.83. The summed E-state index contributed by atoms with van der Waals surface area (Å²) in [6, 6.07) is 31.4. The standard InChI is InChI=1S/C34H32Si/c1-23-15-17-29-27(25-11-7-5-8-12-25)19-21-31(33(23)29)35(3,4)32-22-20-28(26-13-9-6-10-14-26)30-18-16-24(2)34(30)32/h5-24H,1-4H3. The summed E-state index contributed by atoms with van der Waals surface area (Å²) < 4.78 is 0. The van der Waals surface area contributed by atoms with Gasteiger partial charge in [-0.2, -0.15) is 0 Å². The van der Waals surface area contributed by atoms with Gasteiger partial charge in [0.15, 0.2) is 0 Å². The minimum absolute atomic E-state index is 0.447. The van der Waals surface area contributed by atoms with Crippen LogP contribution in [0.25, 0.3) is 34.4 Å². The van der Waals surface area contributed by atoms with Gasteiger partial charge in [-0.1, -0.05) is 147 Å². The van der Waals surface area contributed by atoms with Gasteiger partial charge in [-0.3, -0.25) is 0 Å². The SMILES string of the molecule is CC1C=Cc2c(-c3ccccc3)ccc([Si](C)(C)c3ccc(-c4ccccc4)c4c3C(C)C=C4)c21. The molecule has 0 fully saturated rings. The maximum atomic E-state index is 2.55. The summed E-state index contributed by atoms with van der Waals surface area (Å²) in [5.41, 5.74) is 11.3. The third kappa shape index (κ3) is 3.49. The van der Waals surface area contributed by atoms with E-state index in [2.05, 4.69) is 136 Å². The van der Waals surface area contributed by atoms with Gasteiger partial charge in [-0.25, -0.2) is 0 Å². The van der Waals surface area contributed by atoms with Crippen molar-refractivity contribution in [2.24, 2.45) is 0 Å². The molecule has 2 aliphatic carbocycles. The van der Waals surface area contributed by atoms with Crippen molar-refractivity contribution in [2.75, 3.05) is 0 Å². The molecule has 2 atom stereocenters. The molecule has 0 radical (unpaired) electrons. The van der Waals surface area contributed by atoms with E-state index in [0.29, 0.717) is 11.8 Å². The van der Waals surface area contributed by atoms with Crippen LogP contribution in [0, 0.1) is 0 Å². The summed E-state index contributed by atoms with van der Waals surface area (Å²) in [5.74, 6) is 0.894. The molecule has 0 aromatic heterocycles. The number of benzene rings is 4. The molecule has 4 aromatic rings. The van der Waals surface area contributed by atoms with Gasteiger partial charge < -0.3 is 0 Å². The lowest BCUT2D eigenvalue weighted by molar-refractivity contribution is 0.994. The van der Waals surface area contributed by atoms with Gasteiger partial charge in [-0.05, 0) is 56.3 Å². The Bertz CT molecular complexity index is 1360. The van der Waals surface area contributed by atoms with Crippen molar-refractivity contribution in [3.05, 3.63) is 119 Å². The number of fused-ring (bicyclic) bond motifs is 2. The summed E-state index contributed by atoms with van der Waals surface area (Å²) in [5, 5.41) is 3.16. The number of allylic oxidation sites excluding steroid dienone is 2. The van der Waals surface area contributed by atoms with Crippen LogP contribution in [0.4, 0.5) is 0 Å². The quantitative estimate of drug-likeness (QED) is 0.265. The van der Waals surface area contributed by atoms with E-state index in [1.807, 2.05) is 0 Å². The highest BCUT2D eigenvalue weighted by molar-refractivity contribution is 7.01. The van der Waals surface area contributed by atoms with Crippen molar-refractivity contribution in [2.45, 2.75) is 38.8 Å². The fourth-order valence-corrected chi connectivity index (χ4v) is 9.62. The predicted molar refractivity (Wildman–Crippen MR) is 155 cm³/mol. The van der Waals surface area contributed by atoms with Crippen LogP contribution < -0.4 is 10.4 Å². The summed E-state index contributed by atoms with van der Waals surface area (Å²) in [4.78, 5) is 0. The van der Waals surface area contributed by atoms with Crippen LogP contribution in [-0.2, 0) is 0 Å². The zero-order chi connectivity index (χ0) is 24.2. The van der Waals surface area contributed by atoms with Crippen molar-refractivity contribution >= 4 is 30.6 Å². The van der Waals surface area contributed by atoms with E-state index in [9.17, 15) is 0 Å². The molecule has 0 nitrogen and oxygen atoms in total. The molecule has 2 unspecified atom stereocenters. The maximum absolute atomic E-state index is 2.55. The molecule has 0 heterocycles. The lowest BCUT2D eigenvalue weighted by Gasteiger charge is -2.32. The first-order chi connectivity index (χ1) is 17.0. The summed E-state index contributed by atoms with van der Waals surface area (Å²) in [7, 11) is -1.98. The first-order valence-electron chi connectivity index (χ1n) is 12.8. The zero-order valence-electron chi connectivity index (χ0n) is 21.0. The van der Waals surface area contributed by atoms with E-state index >= 15 is 0 Å². The van der Waals surface area contributed by atoms with Crippen molar-refractivity contribution < 1.29 is 0 Å². The van der Waals surface area contributed by atoms with E-state index in [1.54, 1.807) is 21.5 Å². The molecule has 0 saturated carbocycles. The van der Waals surface area contributed by atoms with E-state index in [1.165, 1.54) is 33.4 Å². The Hall–Kier alpha value is -3.42. The van der Waals surface area contributed by atoms with Gasteiger partial charge in [-0.15, -0.1) is 0 Å². The number of hydrogen-bond acceptors (Lipinski definition) is 0. The summed E-state index contributed by atoms with van der Waals surface area (Å²) in [6.07, 6.45) is 9.50. The average Bonchev–Trinajstić information content (AvgIpc) is 3.47. The second kappa shape index (κ2) is 8.36. The molecule has 2 aliphatic rings. The minimum Gasteiger partial charge on any atom is -0.0766 e. The fourth-order valence-electron chi connectivity index (χ4n) is 6.26. The molecule has 6 rings (SSSR count). The number of hydrogen-bond donors (Lipinski definition) is 0. The van der Waals surface area contributed by atoms with Crippen molar-refractivity contribution in [3.8, 4) is 22.3 Å². The first-order valence-corrected chi connectivity index (χ1v) is 15.8. The maximum Gasteiger partial charge on any atom is 0.113 e. The Morgan fingerprint density at radius 2 is 0.914 bits per heavy atom. The molecule has 35 heavy (non-hydrogen) atoms. The molecule has 1 heteroatoms. The van der Waals surface area contributed by atoms with E-state index < -0.39 is 8.07 Å². The highest BCUT2D eigenvalue weighted by atomic mass is 28.3. The molecule has 0 aliphatic heterocycles. The van der Waals surface area contributed by atoms with Crippen molar-refractivity contribution in [1.29, 1.82) is 0 Å². The number of rotatable bonds is 4. The Morgan fingerprint density at radius 1 is 0.514 bits per heavy atom. The van der Waals surface area contributed by atoms with Crippen LogP contribution in [0.1, 0.15) is 47.9 Å². The lowest BCUT2D eigenvalue weighted by atomic mass is 9.94. The average molecular weight is 469 g/mol. The summed E-state index contributed by atoms with van der Waals surface area (Å²) >= 11 is 0. The molecule has 4 aromatic carbocycles. The molecular formula is C34H32Si. The molecule has 0 amide bonds. The van der Waals surface area contributed by atoms with Crippen LogP contribution >= 0.6 is 0 Å². The normalized spacial score (nSPS) is 18.1. The van der Waals surface area contributed by atoms with Crippen LogP contribution in [0.15, 0.2) is 97.1 Å². The Balaban J connectivity index is 1.53. The van der Waals surface area contributed by atoms with Crippen LogP contribution in [0.2, 0.25) is 13.1 Å². The van der Waals surface area contributed by atoms with Gasteiger partial charge >= 0.3 is 0 Å². The van der Waals surface area contributed by atoms with Gasteiger partial charge in [0.25, 0.3) is 0 Å². The monoisotopic (exact) mass is 468 g/mol. The van der Waals surface area contributed by atoms with E-state index in [-0.39, 0.29) is 0 Å². The molecule has 0 bridgehead atoms. The molecule has 0 N–H and O–H groups in total. The molecule has 0 spiro atoms. The van der Waals surface area contributed by atoms with Gasteiger partial charge in [0.2, 0.25) is 0 Å². The van der Waals surface area contributed by atoms with Crippen LogP contribution in [0.3, 0.4) is 0 Å². The van der Waals surface area contributed by atoms with Crippen LogP contribution in [-0.4, -0.2) is 8.07 Å². The Morgan fingerprint density at radius 3 is 1.31 bits per heavy atom. The second-order valence-electron chi connectivity index (χ2n) is 10.6. The molecule has 0 saturated heterocycles. The third-order valence-corrected chi connectivity index (χ3v) is 11.7. The van der Waals surface area contributed by atoms with E-state index in [4.69, 9.17) is 0 Å². The zero-order valence-corrected chi connectivity index (χ0v) is 22.0. The van der Waals surface area contributed by atoms with Gasteiger partial charge in [0.05, 0.1) is 0 Å². The van der Waals surface area contributed by atoms with Crippen LogP contribution in [0.5, 0.6) is 0 Å². The van der Waals surface area contributed by atoms with Gasteiger partial charge in [0, 0.05) is 0 Å². The first kappa shape index (κ1) is 22.1. The minimum atomic E-state index is -1.98. The Labute approximate surface area is 210 Å². The topological polar surface area (TPSA) is 0 Å². The van der Waals surface area contributed by atoms with Crippen molar-refractivity contribution in [1.82, 2.24) is 0 Å². The second-order valence-corrected chi connectivity index (χ2v) is 15.0.